The van der Waals surface area contributed by atoms with E-state index in [4.69, 9.17) is 0 Å². The number of aromatic nitrogens is 1. The van der Waals surface area contributed by atoms with Crippen LogP contribution in [0.1, 0.15) is 41.4 Å². The van der Waals surface area contributed by atoms with Crippen molar-refractivity contribution in [2.45, 2.75) is 33.2 Å². The number of piperidine rings is 1. The summed E-state index contributed by atoms with van der Waals surface area (Å²) in [6, 6.07) is 18.9. The van der Waals surface area contributed by atoms with Gasteiger partial charge in [0.1, 0.15) is 5.69 Å². The molecule has 4 rings (SSSR count). The molecule has 1 fully saturated rings. The minimum Gasteiger partial charge on any atom is -0.351 e. The minimum absolute atomic E-state index is 0.116. The number of carbonyl (C=O) groups is 1. The van der Waals surface area contributed by atoms with E-state index in [9.17, 15) is 4.79 Å². The SMILES string of the molecule is CCN(CC1CCN(Cc2ccc(C)cc2)CC1)C(=O)c1cc2ccccc2[nH]1. The van der Waals surface area contributed by atoms with E-state index in [0.29, 0.717) is 11.6 Å². The van der Waals surface area contributed by atoms with Crippen LogP contribution >= 0.6 is 0 Å². The summed E-state index contributed by atoms with van der Waals surface area (Å²) < 4.78 is 0. The first-order valence-corrected chi connectivity index (χ1v) is 10.8. The third kappa shape index (κ3) is 4.70. The van der Waals surface area contributed by atoms with Gasteiger partial charge >= 0.3 is 0 Å². The molecule has 0 aliphatic carbocycles. The summed E-state index contributed by atoms with van der Waals surface area (Å²) in [6.07, 6.45) is 2.31. The van der Waals surface area contributed by atoms with Gasteiger partial charge in [0, 0.05) is 30.5 Å². The summed E-state index contributed by atoms with van der Waals surface area (Å²) in [7, 11) is 0. The first-order valence-electron chi connectivity index (χ1n) is 10.8. The first kappa shape index (κ1) is 19.7. The Morgan fingerprint density at radius 3 is 2.52 bits per heavy atom. The summed E-state index contributed by atoms with van der Waals surface area (Å²) in [5.74, 6) is 0.698. The van der Waals surface area contributed by atoms with Gasteiger partial charge in [-0.2, -0.15) is 0 Å². The number of nitrogens with one attached hydrogen (secondary N) is 1. The van der Waals surface area contributed by atoms with Crippen molar-refractivity contribution in [3.05, 3.63) is 71.4 Å². The molecule has 29 heavy (non-hydrogen) atoms. The molecule has 4 heteroatoms. The largest absolute Gasteiger partial charge is 0.351 e. The molecular formula is C25H31N3O. The van der Waals surface area contributed by atoms with Crippen molar-refractivity contribution >= 4 is 16.8 Å². The summed E-state index contributed by atoms with van der Waals surface area (Å²) in [5, 5.41) is 1.09. The van der Waals surface area contributed by atoms with Gasteiger partial charge in [0.05, 0.1) is 0 Å². The van der Waals surface area contributed by atoms with Gasteiger partial charge in [-0.25, -0.2) is 0 Å². The van der Waals surface area contributed by atoms with Gasteiger partial charge in [0.2, 0.25) is 0 Å². The van der Waals surface area contributed by atoms with Gasteiger partial charge in [-0.1, -0.05) is 48.0 Å². The Hall–Kier alpha value is -2.59. The third-order valence-corrected chi connectivity index (χ3v) is 6.14. The topological polar surface area (TPSA) is 39.3 Å². The van der Waals surface area contributed by atoms with Gasteiger partial charge < -0.3 is 9.88 Å². The van der Waals surface area contributed by atoms with Crippen molar-refractivity contribution in [2.24, 2.45) is 5.92 Å². The molecule has 0 saturated carbocycles. The second kappa shape index (κ2) is 8.83. The normalized spacial score (nSPS) is 15.7. The smallest absolute Gasteiger partial charge is 0.270 e. The van der Waals surface area contributed by atoms with Crippen LogP contribution in [0.5, 0.6) is 0 Å². The van der Waals surface area contributed by atoms with Crippen LogP contribution in [0.15, 0.2) is 54.6 Å². The van der Waals surface area contributed by atoms with E-state index in [1.807, 2.05) is 35.2 Å². The Bertz CT molecular complexity index is 919. The standard InChI is InChI=1S/C25H31N3O/c1-3-28(25(29)24-16-22-6-4-5-7-23(22)26-24)18-21-12-14-27(15-13-21)17-20-10-8-19(2)9-11-20/h4-11,16,21,26H,3,12-15,17-18H2,1-2H3. The van der Waals surface area contributed by atoms with Crippen molar-refractivity contribution in [3.63, 3.8) is 0 Å². The van der Waals surface area contributed by atoms with Crippen LogP contribution in [-0.4, -0.2) is 46.9 Å². The highest BCUT2D eigenvalue weighted by molar-refractivity contribution is 5.98. The monoisotopic (exact) mass is 389 g/mol. The number of amides is 1. The number of hydrogen-bond acceptors (Lipinski definition) is 2. The van der Waals surface area contributed by atoms with Crippen LogP contribution in [0.3, 0.4) is 0 Å². The predicted octanol–water partition coefficient (Wildman–Crippen LogP) is 4.85. The fourth-order valence-electron chi connectivity index (χ4n) is 4.31. The molecular weight excluding hydrogens is 358 g/mol. The second-order valence-electron chi connectivity index (χ2n) is 8.32. The average molecular weight is 390 g/mol. The molecule has 1 N–H and O–H groups in total. The maximum absolute atomic E-state index is 13.0. The number of hydrogen-bond donors (Lipinski definition) is 1. The van der Waals surface area contributed by atoms with Gasteiger partial charge in [-0.3, -0.25) is 9.69 Å². The predicted molar refractivity (Wildman–Crippen MR) is 119 cm³/mol. The molecule has 1 saturated heterocycles. The van der Waals surface area contributed by atoms with E-state index in [0.717, 1.165) is 56.5 Å². The molecule has 0 atom stereocenters. The maximum Gasteiger partial charge on any atom is 0.270 e. The quantitative estimate of drug-likeness (QED) is 0.654. The van der Waals surface area contributed by atoms with E-state index in [2.05, 4.69) is 48.0 Å². The van der Waals surface area contributed by atoms with E-state index in [1.165, 1.54) is 11.1 Å². The Morgan fingerprint density at radius 1 is 1.10 bits per heavy atom. The lowest BCUT2D eigenvalue weighted by molar-refractivity contribution is 0.0694. The van der Waals surface area contributed by atoms with Gasteiger partial charge in [0.15, 0.2) is 0 Å². The van der Waals surface area contributed by atoms with E-state index < -0.39 is 0 Å². The van der Waals surface area contributed by atoms with Crippen LogP contribution in [0, 0.1) is 12.8 Å². The molecule has 152 valence electrons. The van der Waals surface area contributed by atoms with Crippen molar-refractivity contribution in [2.75, 3.05) is 26.2 Å². The zero-order chi connectivity index (χ0) is 20.2. The summed E-state index contributed by atoms with van der Waals surface area (Å²) in [6.45, 7) is 9.05. The fraction of sp³-hybridized carbons (Fsp3) is 0.400. The zero-order valence-corrected chi connectivity index (χ0v) is 17.5. The Kier molecular flexibility index (Phi) is 6.00. The highest BCUT2D eigenvalue weighted by Gasteiger charge is 2.24. The number of H-pyrrole nitrogens is 1. The van der Waals surface area contributed by atoms with E-state index in [1.54, 1.807) is 0 Å². The lowest BCUT2D eigenvalue weighted by Crippen LogP contribution is -2.40. The highest BCUT2D eigenvalue weighted by Crippen LogP contribution is 2.22. The molecule has 3 aromatic rings. The Balaban J connectivity index is 1.32. The van der Waals surface area contributed by atoms with E-state index in [-0.39, 0.29) is 5.91 Å². The number of fused-ring (bicyclic) bond motifs is 1. The number of nitrogens with zero attached hydrogens (tertiary/aromatic N) is 2. The van der Waals surface area contributed by atoms with Crippen molar-refractivity contribution < 1.29 is 4.79 Å². The Morgan fingerprint density at radius 2 is 1.83 bits per heavy atom. The third-order valence-electron chi connectivity index (χ3n) is 6.14. The first-order chi connectivity index (χ1) is 14.1. The summed E-state index contributed by atoms with van der Waals surface area (Å²) >= 11 is 0. The minimum atomic E-state index is 0.116. The molecule has 1 aliphatic heterocycles. The number of aromatic amines is 1. The van der Waals surface area contributed by atoms with Crippen LogP contribution in [0.2, 0.25) is 0 Å². The lowest BCUT2D eigenvalue weighted by atomic mass is 9.95. The molecule has 1 amide bonds. The molecule has 2 aromatic carbocycles. The number of benzene rings is 2. The van der Waals surface area contributed by atoms with Crippen LogP contribution in [0.25, 0.3) is 10.9 Å². The molecule has 4 nitrogen and oxygen atoms in total. The number of aryl methyl sites for hydroxylation is 1. The van der Waals surface area contributed by atoms with Crippen LogP contribution < -0.4 is 0 Å². The van der Waals surface area contributed by atoms with Crippen LogP contribution in [0.4, 0.5) is 0 Å². The molecule has 0 spiro atoms. The fourth-order valence-corrected chi connectivity index (χ4v) is 4.31. The molecule has 0 unspecified atom stereocenters. The maximum atomic E-state index is 13.0. The second-order valence-corrected chi connectivity index (χ2v) is 8.32. The van der Waals surface area contributed by atoms with E-state index >= 15 is 0 Å². The van der Waals surface area contributed by atoms with Gasteiger partial charge in [-0.15, -0.1) is 0 Å². The molecule has 2 heterocycles. The van der Waals surface area contributed by atoms with Gasteiger partial charge in [-0.05, 0) is 63.4 Å². The Labute approximate surface area is 173 Å². The lowest BCUT2D eigenvalue weighted by Gasteiger charge is -2.34. The van der Waals surface area contributed by atoms with Gasteiger partial charge in [0.25, 0.3) is 5.91 Å². The van der Waals surface area contributed by atoms with Crippen molar-refractivity contribution in [1.82, 2.24) is 14.8 Å². The summed E-state index contributed by atoms with van der Waals surface area (Å²) in [4.78, 5) is 20.9. The molecule has 0 bridgehead atoms. The summed E-state index contributed by atoms with van der Waals surface area (Å²) in [5.41, 5.74) is 4.42. The number of carbonyl (C=O) groups excluding carboxylic acids is 1. The van der Waals surface area contributed by atoms with Crippen molar-refractivity contribution in [1.29, 1.82) is 0 Å². The van der Waals surface area contributed by atoms with Crippen LogP contribution in [-0.2, 0) is 6.54 Å². The molecule has 1 aromatic heterocycles. The number of likely N-dealkylation sites (tertiary alicyclic amines) is 1. The van der Waals surface area contributed by atoms with Crippen molar-refractivity contribution in [3.8, 4) is 0 Å². The average Bonchev–Trinajstić information content (AvgIpc) is 3.19. The highest BCUT2D eigenvalue weighted by atomic mass is 16.2. The zero-order valence-electron chi connectivity index (χ0n) is 17.5. The number of rotatable bonds is 6. The molecule has 0 radical (unpaired) electrons. The molecule has 1 aliphatic rings. The number of para-hydroxylation sites is 1.